The largest absolute Gasteiger partial charge is 0.474 e. The number of benzene rings is 1. The third-order valence-corrected chi connectivity index (χ3v) is 3.79. The second kappa shape index (κ2) is 8.85. The topological polar surface area (TPSA) is 59.3 Å². The minimum atomic E-state index is -0.541. The SMILES string of the molecule is CC(C)NCC(O)COc1ccn(Cc2ccc(C(C)C)cc2)n1. The van der Waals surface area contributed by atoms with Crippen molar-refractivity contribution in [3.05, 3.63) is 47.7 Å². The number of ether oxygens (including phenoxy) is 1. The zero-order valence-electron chi connectivity index (χ0n) is 15.1. The Bertz CT molecular complexity index is 605. The van der Waals surface area contributed by atoms with Crippen molar-refractivity contribution in [3.63, 3.8) is 0 Å². The number of aliphatic hydroxyl groups is 1. The highest BCUT2D eigenvalue weighted by molar-refractivity contribution is 5.25. The highest BCUT2D eigenvalue weighted by Gasteiger charge is 2.08. The van der Waals surface area contributed by atoms with Gasteiger partial charge < -0.3 is 15.2 Å². The Morgan fingerprint density at radius 1 is 1.12 bits per heavy atom. The van der Waals surface area contributed by atoms with Crippen molar-refractivity contribution in [3.8, 4) is 5.88 Å². The molecule has 1 aromatic heterocycles. The highest BCUT2D eigenvalue weighted by Crippen LogP contribution is 2.15. The summed E-state index contributed by atoms with van der Waals surface area (Å²) in [7, 11) is 0. The van der Waals surface area contributed by atoms with Gasteiger partial charge in [0.25, 0.3) is 0 Å². The quantitative estimate of drug-likeness (QED) is 0.742. The van der Waals surface area contributed by atoms with Gasteiger partial charge >= 0.3 is 0 Å². The third-order valence-electron chi connectivity index (χ3n) is 3.79. The molecule has 0 aliphatic heterocycles. The molecule has 0 saturated heterocycles. The molecule has 5 heteroatoms. The molecule has 1 atom stereocenters. The molecule has 0 aliphatic carbocycles. The number of aliphatic hydroxyl groups excluding tert-OH is 1. The van der Waals surface area contributed by atoms with E-state index in [2.05, 4.69) is 48.5 Å². The van der Waals surface area contributed by atoms with E-state index < -0.39 is 6.10 Å². The maximum Gasteiger partial charge on any atom is 0.232 e. The summed E-state index contributed by atoms with van der Waals surface area (Å²) in [5, 5.41) is 17.4. The molecule has 0 bridgehead atoms. The monoisotopic (exact) mass is 331 g/mol. The lowest BCUT2D eigenvalue weighted by Gasteiger charge is -2.13. The van der Waals surface area contributed by atoms with Crippen LogP contribution in [0.3, 0.4) is 0 Å². The molecule has 132 valence electrons. The molecular formula is C19H29N3O2. The second-order valence-corrected chi connectivity index (χ2v) is 6.78. The van der Waals surface area contributed by atoms with E-state index in [1.54, 1.807) is 0 Å². The lowest BCUT2D eigenvalue weighted by atomic mass is 10.0. The summed E-state index contributed by atoms with van der Waals surface area (Å²) in [4.78, 5) is 0. The summed E-state index contributed by atoms with van der Waals surface area (Å²) in [6, 6.07) is 10.8. The zero-order chi connectivity index (χ0) is 17.5. The van der Waals surface area contributed by atoms with E-state index >= 15 is 0 Å². The van der Waals surface area contributed by atoms with Crippen LogP contribution in [0.1, 0.15) is 44.7 Å². The van der Waals surface area contributed by atoms with Crippen molar-refractivity contribution in [2.45, 2.75) is 52.3 Å². The molecule has 2 N–H and O–H groups in total. The second-order valence-electron chi connectivity index (χ2n) is 6.78. The van der Waals surface area contributed by atoms with E-state index in [-0.39, 0.29) is 6.61 Å². The predicted molar refractivity (Wildman–Crippen MR) is 96.5 cm³/mol. The molecule has 0 radical (unpaired) electrons. The van der Waals surface area contributed by atoms with Crippen molar-refractivity contribution >= 4 is 0 Å². The van der Waals surface area contributed by atoms with Crippen LogP contribution in [0.5, 0.6) is 5.88 Å². The van der Waals surface area contributed by atoms with Crippen LogP contribution in [0.4, 0.5) is 0 Å². The zero-order valence-corrected chi connectivity index (χ0v) is 15.1. The summed E-state index contributed by atoms with van der Waals surface area (Å²) >= 11 is 0. The van der Waals surface area contributed by atoms with Crippen LogP contribution < -0.4 is 10.1 Å². The maximum atomic E-state index is 9.85. The van der Waals surface area contributed by atoms with Gasteiger partial charge in [-0.1, -0.05) is 52.0 Å². The number of hydrogen-bond acceptors (Lipinski definition) is 4. The van der Waals surface area contributed by atoms with Gasteiger partial charge in [0, 0.05) is 24.8 Å². The first-order chi connectivity index (χ1) is 11.4. The fourth-order valence-electron chi connectivity index (χ4n) is 2.32. The standard InChI is InChI=1S/C19H29N3O2/c1-14(2)17-7-5-16(6-8-17)12-22-10-9-19(21-22)24-13-18(23)11-20-15(3)4/h5-10,14-15,18,20,23H,11-13H2,1-4H3. The first-order valence-corrected chi connectivity index (χ1v) is 8.60. The van der Waals surface area contributed by atoms with Crippen LogP contribution in [-0.4, -0.2) is 40.2 Å². The number of nitrogens with one attached hydrogen (secondary N) is 1. The van der Waals surface area contributed by atoms with Crippen molar-refractivity contribution in [1.29, 1.82) is 0 Å². The molecule has 2 aromatic rings. The van der Waals surface area contributed by atoms with Gasteiger partial charge in [-0.05, 0) is 17.0 Å². The van der Waals surface area contributed by atoms with Gasteiger partial charge in [0.15, 0.2) is 0 Å². The van der Waals surface area contributed by atoms with Crippen LogP contribution in [-0.2, 0) is 6.54 Å². The summed E-state index contributed by atoms with van der Waals surface area (Å²) in [5.74, 6) is 1.08. The molecule has 1 heterocycles. The number of rotatable bonds is 9. The van der Waals surface area contributed by atoms with Gasteiger partial charge in [-0.25, -0.2) is 0 Å². The molecule has 0 spiro atoms. The number of nitrogens with zero attached hydrogens (tertiary/aromatic N) is 2. The van der Waals surface area contributed by atoms with Gasteiger partial charge in [-0.2, -0.15) is 0 Å². The highest BCUT2D eigenvalue weighted by atomic mass is 16.5. The Morgan fingerprint density at radius 2 is 1.83 bits per heavy atom. The van der Waals surface area contributed by atoms with E-state index in [4.69, 9.17) is 4.74 Å². The molecule has 0 saturated carbocycles. The van der Waals surface area contributed by atoms with Crippen molar-refractivity contribution in [2.75, 3.05) is 13.2 Å². The summed E-state index contributed by atoms with van der Waals surface area (Å²) in [6.07, 6.45) is 1.35. The van der Waals surface area contributed by atoms with Crippen LogP contribution in [0, 0.1) is 0 Å². The van der Waals surface area contributed by atoms with Gasteiger partial charge in [0.1, 0.15) is 12.7 Å². The van der Waals surface area contributed by atoms with Crippen LogP contribution in [0.15, 0.2) is 36.5 Å². The van der Waals surface area contributed by atoms with Crippen molar-refractivity contribution < 1.29 is 9.84 Å². The molecule has 0 fully saturated rings. The average Bonchev–Trinajstić information content (AvgIpc) is 2.99. The Kier molecular flexibility index (Phi) is 6.82. The summed E-state index contributed by atoms with van der Waals surface area (Å²) in [6.45, 7) is 9.93. The average molecular weight is 331 g/mol. The van der Waals surface area contributed by atoms with Gasteiger partial charge in [-0.3, -0.25) is 4.68 Å². The first-order valence-electron chi connectivity index (χ1n) is 8.60. The summed E-state index contributed by atoms with van der Waals surface area (Å²) in [5.41, 5.74) is 2.54. The minimum Gasteiger partial charge on any atom is -0.474 e. The third kappa shape index (κ3) is 5.98. The van der Waals surface area contributed by atoms with E-state index in [0.29, 0.717) is 30.9 Å². The predicted octanol–water partition coefficient (Wildman–Crippen LogP) is 2.79. The number of aromatic nitrogens is 2. The molecule has 0 aliphatic rings. The van der Waals surface area contributed by atoms with Gasteiger partial charge in [0.05, 0.1) is 6.54 Å². The lowest BCUT2D eigenvalue weighted by Crippen LogP contribution is -2.35. The Hall–Kier alpha value is -1.85. The van der Waals surface area contributed by atoms with E-state index in [1.165, 1.54) is 11.1 Å². The van der Waals surface area contributed by atoms with Crippen LogP contribution >= 0.6 is 0 Å². The normalized spacial score (nSPS) is 12.8. The molecular weight excluding hydrogens is 302 g/mol. The molecule has 5 nitrogen and oxygen atoms in total. The van der Waals surface area contributed by atoms with Gasteiger partial charge in [-0.15, -0.1) is 5.10 Å². The van der Waals surface area contributed by atoms with E-state index in [0.717, 1.165) is 0 Å². The maximum absolute atomic E-state index is 9.85. The lowest BCUT2D eigenvalue weighted by molar-refractivity contribution is 0.102. The molecule has 1 unspecified atom stereocenters. The smallest absolute Gasteiger partial charge is 0.232 e. The van der Waals surface area contributed by atoms with Crippen LogP contribution in [0.2, 0.25) is 0 Å². The Labute approximate surface area is 144 Å². The van der Waals surface area contributed by atoms with Crippen molar-refractivity contribution in [1.82, 2.24) is 15.1 Å². The first kappa shape index (κ1) is 18.5. The fourth-order valence-corrected chi connectivity index (χ4v) is 2.32. The van der Waals surface area contributed by atoms with Crippen LogP contribution in [0.25, 0.3) is 0 Å². The molecule has 1 aromatic carbocycles. The Morgan fingerprint density at radius 3 is 2.46 bits per heavy atom. The number of hydrogen-bond donors (Lipinski definition) is 2. The van der Waals surface area contributed by atoms with Gasteiger partial charge in [0.2, 0.25) is 5.88 Å². The molecule has 2 rings (SSSR count). The summed E-state index contributed by atoms with van der Waals surface area (Å²) < 4.78 is 7.39. The molecule has 24 heavy (non-hydrogen) atoms. The molecule has 0 amide bonds. The van der Waals surface area contributed by atoms with Crippen molar-refractivity contribution in [2.24, 2.45) is 0 Å². The minimum absolute atomic E-state index is 0.236. The van der Waals surface area contributed by atoms with E-state index in [9.17, 15) is 5.11 Å². The van der Waals surface area contributed by atoms with E-state index in [1.807, 2.05) is 30.8 Å². The fraction of sp³-hybridized carbons (Fsp3) is 0.526. The Balaban J connectivity index is 1.82.